The highest BCUT2D eigenvalue weighted by molar-refractivity contribution is 5.95. The predicted molar refractivity (Wildman–Crippen MR) is 166 cm³/mol. The van der Waals surface area contributed by atoms with Gasteiger partial charge in [-0.05, 0) is 60.7 Å². The van der Waals surface area contributed by atoms with Gasteiger partial charge in [-0.2, -0.15) is 0 Å². The monoisotopic (exact) mass is 557 g/mol. The fourth-order valence-electron chi connectivity index (χ4n) is 6.05. The largest absolute Gasteiger partial charge is 0.478 e. The average molecular weight is 558 g/mol. The minimum atomic E-state index is -0.958. The third-order valence-corrected chi connectivity index (χ3v) is 8.28. The second-order valence-corrected chi connectivity index (χ2v) is 11.1. The number of hydrogen-bond donors (Lipinski definition) is 1. The van der Waals surface area contributed by atoms with Crippen molar-refractivity contribution >= 4 is 22.9 Å². The van der Waals surface area contributed by atoms with Gasteiger partial charge in [0.05, 0.1) is 16.6 Å². The van der Waals surface area contributed by atoms with Crippen molar-refractivity contribution in [3.8, 4) is 11.4 Å². The van der Waals surface area contributed by atoms with E-state index in [2.05, 4.69) is 28.8 Å². The number of nitrogens with zero attached hydrogens (tertiary/aromatic N) is 3. The molecule has 42 heavy (non-hydrogen) atoms. The highest BCUT2D eigenvalue weighted by atomic mass is 16.4. The number of carboxylic acid groups (broad SMARTS) is 1. The molecule has 6 heteroatoms. The average Bonchev–Trinajstić information content (AvgIpc) is 3.43. The van der Waals surface area contributed by atoms with Crippen LogP contribution in [-0.2, 0) is 13.0 Å². The van der Waals surface area contributed by atoms with E-state index in [1.807, 2.05) is 71.6 Å². The van der Waals surface area contributed by atoms with E-state index < -0.39 is 5.97 Å². The smallest absolute Gasteiger partial charge is 0.335 e. The number of carboxylic acids is 1. The van der Waals surface area contributed by atoms with Crippen LogP contribution in [-0.4, -0.2) is 38.0 Å². The number of rotatable bonds is 9. The molecule has 1 fully saturated rings. The molecule has 0 bridgehead atoms. The van der Waals surface area contributed by atoms with Gasteiger partial charge in [0.15, 0.2) is 0 Å². The van der Waals surface area contributed by atoms with Crippen LogP contribution in [0.2, 0.25) is 0 Å². The number of aromatic nitrogens is 2. The molecular weight excluding hydrogens is 522 g/mol. The third kappa shape index (κ3) is 5.98. The van der Waals surface area contributed by atoms with Crippen molar-refractivity contribution in [1.29, 1.82) is 0 Å². The Morgan fingerprint density at radius 2 is 1.43 bits per heavy atom. The van der Waals surface area contributed by atoms with Gasteiger partial charge in [0.2, 0.25) is 0 Å². The zero-order valence-corrected chi connectivity index (χ0v) is 23.7. The van der Waals surface area contributed by atoms with Gasteiger partial charge in [0.25, 0.3) is 5.91 Å². The van der Waals surface area contributed by atoms with Gasteiger partial charge in [0, 0.05) is 30.3 Å². The van der Waals surface area contributed by atoms with E-state index in [0.29, 0.717) is 30.2 Å². The second-order valence-electron chi connectivity index (χ2n) is 11.1. The summed E-state index contributed by atoms with van der Waals surface area (Å²) >= 11 is 0. The van der Waals surface area contributed by atoms with Crippen molar-refractivity contribution in [2.75, 3.05) is 6.54 Å². The Balaban J connectivity index is 1.30. The van der Waals surface area contributed by atoms with Crippen molar-refractivity contribution < 1.29 is 14.7 Å². The lowest BCUT2D eigenvalue weighted by molar-refractivity contribution is 0.0695. The maximum Gasteiger partial charge on any atom is 0.335 e. The summed E-state index contributed by atoms with van der Waals surface area (Å²) in [7, 11) is 0. The zero-order valence-electron chi connectivity index (χ0n) is 23.7. The fraction of sp³-hybridized carbons (Fsp3) is 0.250. The Morgan fingerprint density at radius 3 is 2.10 bits per heavy atom. The fourth-order valence-corrected chi connectivity index (χ4v) is 6.05. The minimum absolute atomic E-state index is 0.00628. The van der Waals surface area contributed by atoms with E-state index in [-0.39, 0.29) is 11.5 Å². The topological polar surface area (TPSA) is 75.4 Å². The summed E-state index contributed by atoms with van der Waals surface area (Å²) in [5.74, 6) is -0.141. The number of aromatic carboxylic acids is 1. The summed E-state index contributed by atoms with van der Waals surface area (Å²) in [6.07, 6.45) is 6.51. The Kier molecular flexibility index (Phi) is 8.13. The molecule has 0 spiro atoms. The van der Waals surface area contributed by atoms with E-state index in [9.17, 15) is 14.7 Å². The van der Waals surface area contributed by atoms with E-state index in [1.165, 1.54) is 24.8 Å². The molecule has 0 unspecified atom stereocenters. The van der Waals surface area contributed by atoms with Crippen LogP contribution in [0.4, 0.5) is 0 Å². The standard InChI is InChI=1S/C36H35N3O3/c40-35(38(25-27-12-6-2-7-13-27)23-22-26-10-4-1-5-11-26)29-18-16-28(17-19-29)34-37-32-24-30(36(41)42)20-21-33(32)39(34)31-14-8-3-9-15-31/h1-2,4-7,10-13,16-21,24,31H,3,8-9,14-15,22-23,25H2,(H,41,42). The molecule has 4 aromatic carbocycles. The quantitative estimate of drug-likeness (QED) is 0.201. The molecule has 0 atom stereocenters. The lowest BCUT2D eigenvalue weighted by Crippen LogP contribution is -2.32. The SMILES string of the molecule is O=C(O)c1ccc2c(c1)nc(-c1ccc(C(=O)N(CCc3ccccc3)Cc3ccccc3)cc1)n2C1CCCCC1. The van der Waals surface area contributed by atoms with Gasteiger partial charge < -0.3 is 14.6 Å². The Hall–Kier alpha value is -4.71. The zero-order chi connectivity index (χ0) is 28.9. The van der Waals surface area contributed by atoms with Crippen molar-refractivity contribution in [3.63, 3.8) is 0 Å². The summed E-state index contributed by atoms with van der Waals surface area (Å²) in [5.41, 5.74) is 5.73. The number of amides is 1. The van der Waals surface area contributed by atoms with Gasteiger partial charge >= 0.3 is 5.97 Å². The molecule has 1 aromatic heterocycles. The van der Waals surface area contributed by atoms with Gasteiger partial charge in [-0.25, -0.2) is 9.78 Å². The minimum Gasteiger partial charge on any atom is -0.478 e. The van der Waals surface area contributed by atoms with Crippen LogP contribution in [0.15, 0.2) is 103 Å². The molecule has 1 aliphatic rings. The molecule has 1 aliphatic carbocycles. The normalized spacial score (nSPS) is 13.7. The first-order valence-corrected chi connectivity index (χ1v) is 14.8. The van der Waals surface area contributed by atoms with E-state index in [1.54, 1.807) is 12.1 Å². The second kappa shape index (κ2) is 12.4. The van der Waals surface area contributed by atoms with Crippen LogP contribution in [0.3, 0.4) is 0 Å². The van der Waals surface area contributed by atoms with Crippen LogP contribution in [0.25, 0.3) is 22.4 Å². The van der Waals surface area contributed by atoms with E-state index in [4.69, 9.17) is 4.98 Å². The van der Waals surface area contributed by atoms with E-state index >= 15 is 0 Å². The highest BCUT2D eigenvalue weighted by Gasteiger charge is 2.24. The number of hydrogen-bond acceptors (Lipinski definition) is 3. The van der Waals surface area contributed by atoms with Crippen LogP contribution in [0, 0.1) is 0 Å². The summed E-state index contributed by atoms with van der Waals surface area (Å²) in [5, 5.41) is 9.54. The van der Waals surface area contributed by atoms with Gasteiger partial charge in [0.1, 0.15) is 5.82 Å². The molecule has 1 amide bonds. The van der Waals surface area contributed by atoms with Crippen LogP contribution in [0.5, 0.6) is 0 Å². The summed E-state index contributed by atoms with van der Waals surface area (Å²) in [4.78, 5) is 32.3. The summed E-state index contributed by atoms with van der Waals surface area (Å²) in [6.45, 7) is 1.15. The number of benzene rings is 4. The first-order chi connectivity index (χ1) is 20.6. The van der Waals surface area contributed by atoms with Crippen LogP contribution < -0.4 is 0 Å². The molecule has 212 valence electrons. The van der Waals surface area contributed by atoms with Gasteiger partial charge in [-0.3, -0.25) is 4.79 Å². The maximum atomic E-state index is 13.8. The van der Waals surface area contributed by atoms with Crippen molar-refractivity contribution in [3.05, 3.63) is 125 Å². The lowest BCUT2D eigenvalue weighted by atomic mass is 9.94. The van der Waals surface area contributed by atoms with Crippen molar-refractivity contribution in [1.82, 2.24) is 14.5 Å². The maximum absolute atomic E-state index is 13.8. The first-order valence-electron chi connectivity index (χ1n) is 14.8. The Labute approximate surface area is 246 Å². The molecule has 6 rings (SSSR count). The summed E-state index contributed by atoms with van der Waals surface area (Å²) in [6, 6.07) is 33.6. The molecule has 0 aliphatic heterocycles. The van der Waals surface area contributed by atoms with Crippen LogP contribution in [0.1, 0.15) is 70.0 Å². The molecule has 6 nitrogen and oxygen atoms in total. The van der Waals surface area contributed by atoms with E-state index in [0.717, 1.165) is 41.7 Å². The third-order valence-electron chi connectivity index (χ3n) is 8.28. The van der Waals surface area contributed by atoms with Crippen LogP contribution >= 0.6 is 0 Å². The molecule has 0 radical (unpaired) electrons. The van der Waals surface area contributed by atoms with Crippen molar-refractivity contribution in [2.24, 2.45) is 0 Å². The van der Waals surface area contributed by atoms with Gasteiger partial charge in [-0.15, -0.1) is 0 Å². The number of imidazole rings is 1. The molecule has 1 heterocycles. The molecule has 1 N–H and O–H groups in total. The predicted octanol–water partition coefficient (Wildman–Crippen LogP) is 7.79. The number of fused-ring (bicyclic) bond motifs is 1. The molecular formula is C36H35N3O3. The Morgan fingerprint density at radius 1 is 0.786 bits per heavy atom. The first kappa shape index (κ1) is 27.5. The lowest BCUT2D eigenvalue weighted by Gasteiger charge is -2.26. The number of carbonyl (C=O) groups is 2. The van der Waals surface area contributed by atoms with Crippen molar-refractivity contribution in [2.45, 2.75) is 51.1 Å². The molecule has 0 saturated heterocycles. The molecule has 5 aromatic rings. The summed E-state index contributed by atoms with van der Waals surface area (Å²) < 4.78 is 2.29. The Bertz CT molecular complexity index is 1670. The number of carbonyl (C=O) groups excluding carboxylic acids is 1. The van der Waals surface area contributed by atoms with Gasteiger partial charge in [-0.1, -0.05) is 92.1 Å². The molecule has 1 saturated carbocycles. The highest BCUT2D eigenvalue weighted by Crippen LogP contribution is 2.36.